The standard InChI is InChI=1S/C13H20N2O4/c1-5-14-12(16)8(2)15-7-10-6-11(9(3)19-10)13(17)18-4/h6,8,15H,5,7H2,1-4H3,(H,14,16). The first-order chi connectivity index (χ1) is 8.99. The van der Waals surface area contributed by atoms with Crippen molar-refractivity contribution in [2.45, 2.75) is 33.4 Å². The highest BCUT2D eigenvalue weighted by atomic mass is 16.5. The molecule has 1 atom stereocenters. The van der Waals surface area contributed by atoms with Crippen molar-refractivity contribution in [1.82, 2.24) is 10.6 Å². The van der Waals surface area contributed by atoms with Gasteiger partial charge in [-0.2, -0.15) is 0 Å². The maximum Gasteiger partial charge on any atom is 0.341 e. The number of aryl methyl sites for hydroxylation is 1. The summed E-state index contributed by atoms with van der Waals surface area (Å²) in [7, 11) is 1.32. The molecule has 0 fully saturated rings. The third-order valence-electron chi connectivity index (χ3n) is 2.70. The Morgan fingerprint density at radius 3 is 2.74 bits per heavy atom. The van der Waals surface area contributed by atoms with Gasteiger partial charge >= 0.3 is 5.97 Å². The van der Waals surface area contributed by atoms with E-state index in [0.29, 0.717) is 30.2 Å². The molecule has 0 aliphatic carbocycles. The number of furan rings is 1. The van der Waals surface area contributed by atoms with Crippen molar-refractivity contribution in [1.29, 1.82) is 0 Å². The van der Waals surface area contributed by atoms with Gasteiger partial charge in [-0.05, 0) is 26.8 Å². The Hall–Kier alpha value is -1.82. The molecule has 0 spiro atoms. The number of amides is 1. The van der Waals surface area contributed by atoms with Gasteiger partial charge in [0.05, 0.1) is 19.7 Å². The van der Waals surface area contributed by atoms with Crippen molar-refractivity contribution < 1.29 is 18.7 Å². The van der Waals surface area contributed by atoms with Crippen LogP contribution in [0, 0.1) is 6.92 Å². The minimum atomic E-state index is -0.427. The fourth-order valence-corrected chi connectivity index (χ4v) is 1.62. The Balaban J connectivity index is 2.59. The van der Waals surface area contributed by atoms with Gasteiger partial charge in [0.25, 0.3) is 0 Å². The van der Waals surface area contributed by atoms with Gasteiger partial charge in [0.2, 0.25) is 5.91 Å². The molecule has 0 aliphatic rings. The molecule has 1 amide bonds. The first-order valence-electron chi connectivity index (χ1n) is 6.18. The minimum absolute atomic E-state index is 0.0704. The van der Waals surface area contributed by atoms with Crippen LogP contribution in [0.1, 0.15) is 35.7 Å². The quantitative estimate of drug-likeness (QED) is 0.752. The number of esters is 1. The summed E-state index contributed by atoms with van der Waals surface area (Å²) in [5.41, 5.74) is 0.407. The molecule has 6 heteroatoms. The number of hydrogen-bond donors (Lipinski definition) is 2. The lowest BCUT2D eigenvalue weighted by Gasteiger charge is -2.11. The van der Waals surface area contributed by atoms with Crippen molar-refractivity contribution in [2.75, 3.05) is 13.7 Å². The molecule has 1 unspecified atom stereocenters. The Morgan fingerprint density at radius 1 is 1.47 bits per heavy atom. The fourth-order valence-electron chi connectivity index (χ4n) is 1.62. The second kappa shape index (κ2) is 6.94. The molecule has 19 heavy (non-hydrogen) atoms. The van der Waals surface area contributed by atoms with Gasteiger partial charge in [0.15, 0.2) is 0 Å². The second-order valence-electron chi connectivity index (χ2n) is 4.17. The van der Waals surface area contributed by atoms with Crippen LogP contribution in [-0.2, 0) is 16.1 Å². The topological polar surface area (TPSA) is 80.6 Å². The molecule has 1 aromatic heterocycles. The van der Waals surface area contributed by atoms with E-state index in [0.717, 1.165) is 0 Å². The molecule has 0 radical (unpaired) electrons. The average Bonchev–Trinajstić information content (AvgIpc) is 2.76. The van der Waals surface area contributed by atoms with E-state index in [4.69, 9.17) is 4.42 Å². The highest BCUT2D eigenvalue weighted by Crippen LogP contribution is 2.15. The number of methoxy groups -OCH3 is 1. The van der Waals surface area contributed by atoms with Gasteiger partial charge in [-0.3, -0.25) is 10.1 Å². The third-order valence-corrected chi connectivity index (χ3v) is 2.70. The summed E-state index contributed by atoms with van der Waals surface area (Å²) in [6, 6.07) is 1.30. The Morgan fingerprint density at radius 2 is 2.16 bits per heavy atom. The maximum atomic E-state index is 11.5. The van der Waals surface area contributed by atoms with E-state index >= 15 is 0 Å². The lowest BCUT2D eigenvalue weighted by atomic mass is 10.2. The minimum Gasteiger partial charge on any atom is -0.465 e. The predicted molar refractivity (Wildman–Crippen MR) is 69.8 cm³/mol. The molecule has 2 N–H and O–H groups in total. The molecule has 6 nitrogen and oxygen atoms in total. The predicted octanol–water partition coefficient (Wildman–Crippen LogP) is 0.989. The number of carbonyl (C=O) groups excluding carboxylic acids is 2. The maximum absolute atomic E-state index is 11.5. The van der Waals surface area contributed by atoms with Crippen molar-refractivity contribution in [3.05, 3.63) is 23.2 Å². The molecule has 0 bridgehead atoms. The van der Waals surface area contributed by atoms with Crippen molar-refractivity contribution in [3.63, 3.8) is 0 Å². The summed E-state index contributed by atoms with van der Waals surface area (Å²) < 4.78 is 10.1. The van der Waals surface area contributed by atoms with E-state index < -0.39 is 5.97 Å². The largest absolute Gasteiger partial charge is 0.465 e. The summed E-state index contributed by atoms with van der Waals surface area (Å²) >= 11 is 0. The van der Waals surface area contributed by atoms with E-state index in [1.54, 1.807) is 19.9 Å². The molecule has 106 valence electrons. The first-order valence-corrected chi connectivity index (χ1v) is 6.18. The summed E-state index contributed by atoms with van der Waals surface area (Å²) in [6.45, 7) is 6.29. The van der Waals surface area contributed by atoms with Crippen LogP contribution in [0.2, 0.25) is 0 Å². The number of rotatable bonds is 6. The number of likely N-dealkylation sites (N-methyl/N-ethyl adjacent to an activating group) is 1. The van der Waals surface area contributed by atoms with Gasteiger partial charge in [0.1, 0.15) is 17.1 Å². The van der Waals surface area contributed by atoms with E-state index in [1.807, 2.05) is 6.92 Å². The van der Waals surface area contributed by atoms with E-state index in [9.17, 15) is 9.59 Å². The molecule has 1 rings (SSSR count). The monoisotopic (exact) mass is 268 g/mol. The fraction of sp³-hybridized carbons (Fsp3) is 0.538. The smallest absolute Gasteiger partial charge is 0.341 e. The lowest BCUT2D eigenvalue weighted by molar-refractivity contribution is -0.122. The number of ether oxygens (including phenoxy) is 1. The van der Waals surface area contributed by atoms with Crippen molar-refractivity contribution in [3.8, 4) is 0 Å². The summed E-state index contributed by atoms with van der Waals surface area (Å²) in [4.78, 5) is 22.9. The zero-order chi connectivity index (χ0) is 14.4. The first kappa shape index (κ1) is 15.2. The molecular formula is C13H20N2O4. The zero-order valence-electron chi connectivity index (χ0n) is 11.7. The van der Waals surface area contributed by atoms with Gasteiger partial charge in [-0.15, -0.1) is 0 Å². The average molecular weight is 268 g/mol. The van der Waals surface area contributed by atoms with Crippen LogP contribution in [-0.4, -0.2) is 31.6 Å². The highest BCUT2D eigenvalue weighted by molar-refractivity contribution is 5.90. The third kappa shape index (κ3) is 4.10. The molecule has 1 aromatic rings. The molecular weight excluding hydrogens is 248 g/mol. The van der Waals surface area contributed by atoms with Gasteiger partial charge in [-0.25, -0.2) is 4.79 Å². The SMILES string of the molecule is CCNC(=O)C(C)NCc1cc(C(=O)OC)c(C)o1. The Labute approximate surface area is 112 Å². The summed E-state index contributed by atoms with van der Waals surface area (Å²) in [6.07, 6.45) is 0. The summed E-state index contributed by atoms with van der Waals surface area (Å²) in [5, 5.41) is 5.74. The molecule has 0 aromatic carbocycles. The molecule has 0 saturated carbocycles. The highest BCUT2D eigenvalue weighted by Gasteiger charge is 2.16. The number of carbonyl (C=O) groups is 2. The van der Waals surface area contributed by atoms with E-state index in [1.165, 1.54) is 7.11 Å². The van der Waals surface area contributed by atoms with E-state index in [2.05, 4.69) is 15.4 Å². The van der Waals surface area contributed by atoms with Gasteiger partial charge < -0.3 is 14.5 Å². The second-order valence-corrected chi connectivity index (χ2v) is 4.17. The van der Waals surface area contributed by atoms with Gasteiger partial charge in [0, 0.05) is 6.54 Å². The number of nitrogens with one attached hydrogen (secondary N) is 2. The summed E-state index contributed by atoms with van der Waals surface area (Å²) in [5.74, 6) is 0.603. The van der Waals surface area contributed by atoms with Crippen LogP contribution in [0.3, 0.4) is 0 Å². The van der Waals surface area contributed by atoms with Crippen LogP contribution >= 0.6 is 0 Å². The van der Waals surface area contributed by atoms with Crippen LogP contribution in [0.5, 0.6) is 0 Å². The Bertz CT molecular complexity index is 453. The zero-order valence-corrected chi connectivity index (χ0v) is 11.7. The normalized spacial score (nSPS) is 12.0. The van der Waals surface area contributed by atoms with Crippen LogP contribution in [0.25, 0.3) is 0 Å². The Kier molecular flexibility index (Phi) is 5.57. The van der Waals surface area contributed by atoms with E-state index in [-0.39, 0.29) is 11.9 Å². The number of hydrogen-bond acceptors (Lipinski definition) is 5. The molecule has 0 aliphatic heterocycles. The van der Waals surface area contributed by atoms with Crippen LogP contribution in [0.4, 0.5) is 0 Å². The molecule has 1 heterocycles. The van der Waals surface area contributed by atoms with Crippen LogP contribution in [0.15, 0.2) is 10.5 Å². The van der Waals surface area contributed by atoms with Crippen molar-refractivity contribution >= 4 is 11.9 Å². The molecule has 0 saturated heterocycles. The van der Waals surface area contributed by atoms with Gasteiger partial charge in [-0.1, -0.05) is 0 Å². The van der Waals surface area contributed by atoms with Crippen molar-refractivity contribution in [2.24, 2.45) is 0 Å². The van der Waals surface area contributed by atoms with Crippen LogP contribution < -0.4 is 10.6 Å². The lowest BCUT2D eigenvalue weighted by Crippen LogP contribution is -2.41.